The number of hydrogen-bond acceptors (Lipinski definition) is 4. The second kappa shape index (κ2) is 9.92. The van der Waals surface area contributed by atoms with Crippen LogP contribution in [0.1, 0.15) is 52.0 Å². The van der Waals surface area contributed by atoms with Crippen molar-refractivity contribution in [1.82, 2.24) is 9.80 Å². The molecule has 2 unspecified atom stereocenters. The first-order valence-electron chi connectivity index (χ1n) is 11.5. The largest absolute Gasteiger partial charge is 0.493 e. The summed E-state index contributed by atoms with van der Waals surface area (Å²) in [5, 5.41) is 0. The Hall–Kier alpha value is -2.24. The summed E-state index contributed by atoms with van der Waals surface area (Å²) in [7, 11) is 3.28. The molecule has 172 valence electrons. The molecule has 1 aromatic rings. The second-order valence-corrected chi connectivity index (χ2v) is 10.2. The van der Waals surface area contributed by atoms with Crippen LogP contribution in [-0.4, -0.2) is 62.0 Å². The molecule has 2 aliphatic heterocycles. The van der Waals surface area contributed by atoms with E-state index in [4.69, 9.17) is 9.47 Å². The van der Waals surface area contributed by atoms with E-state index < -0.39 is 0 Å². The fourth-order valence-electron chi connectivity index (χ4n) is 4.91. The Morgan fingerprint density at radius 3 is 2.52 bits per heavy atom. The van der Waals surface area contributed by atoms with E-state index in [1.165, 1.54) is 0 Å². The van der Waals surface area contributed by atoms with Crippen LogP contribution >= 0.6 is 0 Å². The van der Waals surface area contributed by atoms with Gasteiger partial charge in [-0.25, -0.2) is 0 Å². The van der Waals surface area contributed by atoms with Gasteiger partial charge in [-0.15, -0.1) is 0 Å². The number of hydrogen-bond donors (Lipinski definition) is 0. The van der Waals surface area contributed by atoms with Crippen molar-refractivity contribution in [2.75, 3.05) is 40.4 Å². The molecule has 2 saturated heterocycles. The quantitative estimate of drug-likeness (QED) is 0.689. The molecule has 1 aromatic carbocycles. The number of methoxy groups -OCH3 is 2. The first-order chi connectivity index (χ1) is 14.7. The normalized spacial score (nSPS) is 22.0. The van der Waals surface area contributed by atoms with Crippen molar-refractivity contribution in [2.24, 2.45) is 17.3 Å². The van der Waals surface area contributed by atoms with Crippen LogP contribution in [0.2, 0.25) is 0 Å². The van der Waals surface area contributed by atoms with Gasteiger partial charge in [-0.3, -0.25) is 9.59 Å². The molecular weight excluding hydrogens is 392 g/mol. The summed E-state index contributed by atoms with van der Waals surface area (Å²) in [5.41, 5.74) is 1.06. The van der Waals surface area contributed by atoms with Crippen molar-refractivity contribution < 1.29 is 19.1 Å². The fourth-order valence-corrected chi connectivity index (χ4v) is 4.91. The molecule has 0 aliphatic carbocycles. The zero-order valence-corrected chi connectivity index (χ0v) is 19.8. The van der Waals surface area contributed by atoms with E-state index in [1.54, 1.807) is 14.2 Å². The molecule has 0 bridgehead atoms. The summed E-state index contributed by atoms with van der Waals surface area (Å²) in [6, 6.07) is 5.87. The van der Waals surface area contributed by atoms with E-state index in [2.05, 4.69) is 20.8 Å². The van der Waals surface area contributed by atoms with Gasteiger partial charge < -0.3 is 19.3 Å². The third-order valence-corrected chi connectivity index (χ3v) is 6.62. The van der Waals surface area contributed by atoms with Crippen LogP contribution in [0.3, 0.4) is 0 Å². The van der Waals surface area contributed by atoms with E-state index >= 15 is 0 Å². The fraction of sp³-hybridized carbons (Fsp3) is 0.680. The van der Waals surface area contributed by atoms with Gasteiger partial charge in [0, 0.05) is 39.0 Å². The maximum absolute atomic E-state index is 13.0. The maximum Gasteiger partial charge on any atom is 0.223 e. The highest BCUT2D eigenvalue weighted by Crippen LogP contribution is 2.34. The monoisotopic (exact) mass is 430 g/mol. The smallest absolute Gasteiger partial charge is 0.223 e. The number of rotatable bonds is 6. The standard InChI is InChI=1S/C25H38N2O4/c1-25(2,3)16-23(29)27-14-10-19-15-22(28)26(13-11-20(19)17-27)12-9-18-7-6-8-21(30-4)24(18)31-5/h6-8,19-20H,9-17H2,1-5H3. The zero-order chi connectivity index (χ0) is 22.6. The Morgan fingerprint density at radius 2 is 1.84 bits per heavy atom. The molecule has 0 aromatic heterocycles. The predicted octanol–water partition coefficient (Wildman–Crippen LogP) is 3.77. The molecule has 0 saturated carbocycles. The molecule has 6 nitrogen and oxygen atoms in total. The average Bonchev–Trinajstić information content (AvgIpc) is 2.88. The number of amides is 2. The number of carbonyl (C=O) groups excluding carboxylic acids is 2. The highest BCUT2D eigenvalue weighted by Gasteiger charge is 2.36. The Bertz CT molecular complexity index is 786. The summed E-state index contributed by atoms with van der Waals surface area (Å²) >= 11 is 0. The highest BCUT2D eigenvalue weighted by molar-refractivity contribution is 5.78. The van der Waals surface area contributed by atoms with E-state index in [0.717, 1.165) is 50.2 Å². The van der Waals surface area contributed by atoms with Crippen LogP contribution < -0.4 is 9.47 Å². The van der Waals surface area contributed by atoms with Gasteiger partial charge >= 0.3 is 0 Å². The van der Waals surface area contributed by atoms with Gasteiger partial charge in [0.1, 0.15) is 0 Å². The SMILES string of the molecule is COc1cccc(CCN2CCC3CN(C(=O)CC(C)(C)C)CCC3CC2=O)c1OC. The molecule has 2 heterocycles. The molecule has 31 heavy (non-hydrogen) atoms. The van der Waals surface area contributed by atoms with Gasteiger partial charge in [-0.2, -0.15) is 0 Å². The number of benzene rings is 1. The minimum atomic E-state index is 0.00528. The Labute approximate surface area is 186 Å². The summed E-state index contributed by atoms with van der Waals surface area (Å²) < 4.78 is 10.9. The predicted molar refractivity (Wildman–Crippen MR) is 121 cm³/mol. The molecule has 0 N–H and O–H groups in total. The van der Waals surface area contributed by atoms with Crippen LogP contribution in [0.5, 0.6) is 11.5 Å². The Morgan fingerprint density at radius 1 is 1.10 bits per heavy atom. The van der Waals surface area contributed by atoms with Crippen LogP contribution in [0.25, 0.3) is 0 Å². The summed E-state index contributed by atoms with van der Waals surface area (Å²) in [4.78, 5) is 29.7. The summed E-state index contributed by atoms with van der Waals surface area (Å²) in [6.07, 6.45) is 3.81. The molecule has 6 heteroatoms. The number of likely N-dealkylation sites (tertiary alicyclic amines) is 2. The van der Waals surface area contributed by atoms with Crippen LogP contribution in [0, 0.1) is 17.3 Å². The van der Waals surface area contributed by atoms with Crippen molar-refractivity contribution in [3.63, 3.8) is 0 Å². The van der Waals surface area contributed by atoms with Crippen molar-refractivity contribution in [3.05, 3.63) is 23.8 Å². The first-order valence-corrected chi connectivity index (χ1v) is 11.5. The molecule has 2 aliphatic rings. The molecular formula is C25H38N2O4. The van der Waals surface area contributed by atoms with Crippen LogP contribution in [0.15, 0.2) is 18.2 Å². The lowest BCUT2D eigenvalue weighted by molar-refractivity contribution is -0.136. The molecule has 2 amide bonds. The van der Waals surface area contributed by atoms with Crippen molar-refractivity contribution in [1.29, 1.82) is 0 Å². The van der Waals surface area contributed by atoms with Crippen molar-refractivity contribution in [2.45, 2.75) is 52.9 Å². The van der Waals surface area contributed by atoms with Gasteiger partial charge in [-0.05, 0) is 48.1 Å². The van der Waals surface area contributed by atoms with E-state index in [0.29, 0.717) is 37.0 Å². The van der Waals surface area contributed by atoms with Crippen LogP contribution in [-0.2, 0) is 16.0 Å². The maximum atomic E-state index is 13.0. The average molecular weight is 431 g/mol. The number of fused-ring (bicyclic) bond motifs is 1. The Balaban J connectivity index is 1.60. The summed E-state index contributed by atoms with van der Waals surface area (Å²) in [6.45, 7) is 9.34. The number of para-hydroxylation sites is 1. The molecule has 3 rings (SSSR count). The third kappa shape index (κ3) is 5.92. The van der Waals surface area contributed by atoms with E-state index in [-0.39, 0.29) is 17.2 Å². The number of nitrogens with zero attached hydrogens (tertiary/aromatic N) is 2. The van der Waals surface area contributed by atoms with Crippen LogP contribution in [0.4, 0.5) is 0 Å². The molecule has 0 spiro atoms. The van der Waals surface area contributed by atoms with Gasteiger partial charge in [0.05, 0.1) is 14.2 Å². The zero-order valence-electron chi connectivity index (χ0n) is 19.8. The van der Waals surface area contributed by atoms with E-state index in [1.807, 2.05) is 28.0 Å². The third-order valence-electron chi connectivity index (χ3n) is 6.62. The number of ether oxygens (including phenoxy) is 2. The summed E-state index contributed by atoms with van der Waals surface area (Å²) in [5.74, 6) is 2.76. The highest BCUT2D eigenvalue weighted by atomic mass is 16.5. The van der Waals surface area contributed by atoms with E-state index in [9.17, 15) is 9.59 Å². The van der Waals surface area contributed by atoms with Gasteiger partial charge in [-0.1, -0.05) is 32.9 Å². The lowest BCUT2D eigenvalue weighted by Crippen LogP contribution is -2.44. The molecule has 2 atom stereocenters. The second-order valence-electron chi connectivity index (χ2n) is 10.2. The minimum Gasteiger partial charge on any atom is -0.493 e. The topological polar surface area (TPSA) is 59.1 Å². The lowest BCUT2D eigenvalue weighted by atomic mass is 9.81. The number of carbonyl (C=O) groups is 2. The van der Waals surface area contributed by atoms with Gasteiger partial charge in [0.2, 0.25) is 11.8 Å². The van der Waals surface area contributed by atoms with Crippen molar-refractivity contribution >= 4 is 11.8 Å². The lowest BCUT2D eigenvalue weighted by Gasteiger charge is -2.38. The molecule has 2 fully saturated rings. The minimum absolute atomic E-state index is 0.00528. The Kier molecular flexibility index (Phi) is 7.50. The number of piperidine rings is 1. The first kappa shape index (κ1) is 23.4. The van der Waals surface area contributed by atoms with Crippen molar-refractivity contribution in [3.8, 4) is 11.5 Å². The van der Waals surface area contributed by atoms with Gasteiger partial charge in [0.15, 0.2) is 11.5 Å². The van der Waals surface area contributed by atoms with Gasteiger partial charge in [0.25, 0.3) is 0 Å². The molecule has 0 radical (unpaired) electrons.